The van der Waals surface area contributed by atoms with Crippen molar-refractivity contribution in [2.75, 3.05) is 12.0 Å². The zero-order valence-electron chi connectivity index (χ0n) is 21.2. The second kappa shape index (κ2) is 10.3. The summed E-state index contributed by atoms with van der Waals surface area (Å²) in [5.74, 6) is -6.47. The van der Waals surface area contributed by atoms with Crippen molar-refractivity contribution in [3.8, 4) is 0 Å². The average molecular weight is 631 g/mol. The molecule has 2 amide bonds. The first-order valence-corrected chi connectivity index (χ1v) is 12.9. The number of fused-ring (bicyclic) bond motifs is 1. The van der Waals surface area contributed by atoms with Gasteiger partial charge in [0, 0.05) is 0 Å². The summed E-state index contributed by atoms with van der Waals surface area (Å²) in [6, 6.07) is 9.61. The quantitative estimate of drug-likeness (QED) is 0.210. The van der Waals surface area contributed by atoms with E-state index in [9.17, 15) is 40.7 Å². The van der Waals surface area contributed by atoms with Crippen LogP contribution in [0.5, 0.6) is 0 Å². The molecule has 0 unspecified atom stereocenters. The van der Waals surface area contributed by atoms with E-state index in [0.29, 0.717) is 17.0 Å². The summed E-state index contributed by atoms with van der Waals surface area (Å²) in [7, 11) is 0.984. The van der Waals surface area contributed by atoms with Gasteiger partial charge >= 0.3 is 18.3 Å². The van der Waals surface area contributed by atoms with Crippen LogP contribution < -0.4 is 10.2 Å². The molecule has 1 N–H and O–H groups in total. The molecule has 0 bridgehead atoms. The molecule has 6 nitrogen and oxygen atoms in total. The third kappa shape index (κ3) is 4.61. The van der Waals surface area contributed by atoms with Gasteiger partial charge in [0.2, 0.25) is 11.8 Å². The van der Waals surface area contributed by atoms with Gasteiger partial charge in [0.15, 0.2) is 0 Å². The Bertz CT molecular complexity index is 1530. The molecule has 2 saturated heterocycles. The van der Waals surface area contributed by atoms with Crippen LogP contribution in [0.25, 0.3) is 0 Å². The lowest BCUT2D eigenvalue weighted by Gasteiger charge is -2.37. The monoisotopic (exact) mass is 630 g/mol. The first-order valence-electron chi connectivity index (χ1n) is 12.2. The van der Waals surface area contributed by atoms with Gasteiger partial charge in [-0.1, -0.05) is 53.5 Å². The molecule has 14 heteroatoms. The number of methoxy groups -OCH3 is 1. The smallest absolute Gasteiger partial charge is 0.416 e. The Morgan fingerprint density at radius 3 is 1.76 bits per heavy atom. The molecule has 2 aliphatic heterocycles. The number of anilines is 1. The number of carbonyl (C=O) groups is 3. The largest absolute Gasteiger partial charge is 0.468 e. The summed E-state index contributed by atoms with van der Waals surface area (Å²) < 4.78 is 87.9. The summed E-state index contributed by atoms with van der Waals surface area (Å²) in [6.07, 6.45) is -9.76. The number of nitrogens with zero attached hydrogens (tertiary/aromatic N) is 1. The number of rotatable bonds is 4. The van der Waals surface area contributed by atoms with Gasteiger partial charge in [0.25, 0.3) is 0 Å². The molecule has 3 aromatic rings. The Morgan fingerprint density at radius 2 is 1.31 bits per heavy atom. The van der Waals surface area contributed by atoms with Crippen molar-refractivity contribution >= 4 is 46.7 Å². The zero-order chi connectivity index (χ0) is 30.8. The molecular formula is C28H18Cl2F6N2O4. The van der Waals surface area contributed by atoms with E-state index in [-0.39, 0.29) is 26.9 Å². The van der Waals surface area contributed by atoms with Crippen LogP contribution >= 0.6 is 23.2 Å². The molecule has 220 valence electrons. The molecular weight excluding hydrogens is 613 g/mol. The summed E-state index contributed by atoms with van der Waals surface area (Å²) in [5, 5.41) is 2.51. The molecule has 0 saturated carbocycles. The zero-order valence-corrected chi connectivity index (χ0v) is 22.7. The molecule has 3 aromatic carbocycles. The van der Waals surface area contributed by atoms with E-state index in [0.717, 1.165) is 31.4 Å². The fourth-order valence-corrected chi connectivity index (χ4v) is 6.30. The van der Waals surface area contributed by atoms with E-state index < -0.39 is 64.7 Å². The topological polar surface area (TPSA) is 75.7 Å². The number of alkyl halides is 6. The molecule has 5 rings (SSSR count). The summed E-state index contributed by atoms with van der Waals surface area (Å²) in [6.45, 7) is 0. The number of amides is 2. The third-order valence-corrected chi connectivity index (χ3v) is 8.08. The van der Waals surface area contributed by atoms with Gasteiger partial charge in [0.05, 0.1) is 51.3 Å². The normalized spacial score (nSPS) is 21.9. The van der Waals surface area contributed by atoms with Crippen molar-refractivity contribution in [3.05, 3.63) is 99.0 Å². The van der Waals surface area contributed by atoms with Crippen LogP contribution in [0, 0.1) is 11.8 Å². The molecule has 3 atom stereocenters. The van der Waals surface area contributed by atoms with E-state index in [4.69, 9.17) is 27.9 Å². The number of benzene rings is 3. The molecule has 2 heterocycles. The van der Waals surface area contributed by atoms with Crippen LogP contribution in [0.1, 0.15) is 22.3 Å². The number of carbonyl (C=O) groups excluding carboxylic acids is 3. The molecule has 0 spiro atoms. The average Bonchev–Trinajstić information content (AvgIpc) is 3.42. The predicted octanol–water partition coefficient (Wildman–Crippen LogP) is 6.23. The maximum absolute atomic E-state index is 14.2. The van der Waals surface area contributed by atoms with E-state index in [1.165, 1.54) is 30.3 Å². The summed E-state index contributed by atoms with van der Waals surface area (Å²) >= 11 is 12.6. The number of imide groups is 1. The Hall–Kier alpha value is -3.61. The summed E-state index contributed by atoms with van der Waals surface area (Å²) in [5.41, 5.74) is -5.46. The second-order valence-electron chi connectivity index (χ2n) is 9.70. The number of hydrogen-bond acceptors (Lipinski definition) is 5. The second-order valence-corrected chi connectivity index (χ2v) is 10.5. The minimum absolute atomic E-state index is 0.129. The van der Waals surface area contributed by atoms with Gasteiger partial charge in [0.1, 0.15) is 6.04 Å². The number of hydrogen-bond donors (Lipinski definition) is 1. The van der Waals surface area contributed by atoms with E-state index >= 15 is 0 Å². The fourth-order valence-electron chi connectivity index (χ4n) is 5.74. The highest BCUT2D eigenvalue weighted by atomic mass is 35.5. The lowest BCUT2D eigenvalue weighted by Crippen LogP contribution is -2.52. The Balaban J connectivity index is 1.84. The van der Waals surface area contributed by atoms with Gasteiger partial charge in [-0.3, -0.25) is 19.7 Å². The fraction of sp³-hybridized carbons (Fsp3) is 0.250. The van der Waals surface area contributed by atoms with E-state index in [1.54, 1.807) is 0 Å². The van der Waals surface area contributed by atoms with Gasteiger partial charge < -0.3 is 4.74 Å². The molecule has 0 radical (unpaired) electrons. The minimum Gasteiger partial charge on any atom is -0.468 e. The molecule has 42 heavy (non-hydrogen) atoms. The van der Waals surface area contributed by atoms with Crippen LogP contribution in [0.4, 0.5) is 32.0 Å². The molecule has 0 aliphatic carbocycles. The first kappa shape index (κ1) is 29.9. The van der Waals surface area contributed by atoms with Crippen molar-refractivity contribution in [1.29, 1.82) is 0 Å². The predicted molar refractivity (Wildman–Crippen MR) is 139 cm³/mol. The van der Waals surface area contributed by atoms with Crippen molar-refractivity contribution in [2.24, 2.45) is 11.8 Å². The standard InChI is InChI=1S/C28H18Cl2F6N2O4/c1-42-25(41)21-19-20(24(40)38(23(19)39)22-17(29)9-4-10-18(22)30)26(37-21,13-5-2-7-15(11-13)27(31,32)33)14-6-3-8-16(12-14)28(34,35)36/h2-12,19-21,37H,1H3/t19-,20-,21-/m1/s1. The van der Waals surface area contributed by atoms with Gasteiger partial charge in [-0.05, 0) is 47.5 Å². The van der Waals surface area contributed by atoms with Crippen molar-refractivity contribution < 1.29 is 45.5 Å². The summed E-state index contributed by atoms with van der Waals surface area (Å²) in [4.78, 5) is 41.8. The van der Waals surface area contributed by atoms with Gasteiger partial charge in [-0.2, -0.15) is 26.3 Å². The highest BCUT2D eigenvalue weighted by molar-refractivity contribution is 6.42. The molecule has 0 aromatic heterocycles. The minimum atomic E-state index is -4.88. The lowest BCUT2D eigenvalue weighted by atomic mass is 9.71. The van der Waals surface area contributed by atoms with Crippen molar-refractivity contribution in [1.82, 2.24) is 5.32 Å². The number of esters is 1. The highest BCUT2D eigenvalue weighted by Gasteiger charge is 2.69. The van der Waals surface area contributed by atoms with Crippen LogP contribution in [0.2, 0.25) is 10.0 Å². The number of halogens is 8. The molecule has 2 aliphatic rings. The van der Waals surface area contributed by atoms with Crippen LogP contribution in [-0.4, -0.2) is 30.9 Å². The number of ether oxygens (including phenoxy) is 1. The van der Waals surface area contributed by atoms with E-state index in [2.05, 4.69) is 5.32 Å². The first-order chi connectivity index (χ1) is 19.6. The van der Waals surface area contributed by atoms with Crippen LogP contribution in [0.15, 0.2) is 66.7 Å². The Kier molecular flexibility index (Phi) is 7.31. The maximum atomic E-state index is 14.2. The van der Waals surface area contributed by atoms with E-state index in [1.807, 2.05) is 0 Å². The Labute approximate surface area is 244 Å². The van der Waals surface area contributed by atoms with Gasteiger partial charge in [-0.15, -0.1) is 0 Å². The van der Waals surface area contributed by atoms with Crippen LogP contribution in [-0.2, 0) is 37.0 Å². The highest BCUT2D eigenvalue weighted by Crippen LogP contribution is 2.54. The number of para-hydroxylation sites is 1. The van der Waals surface area contributed by atoms with Crippen molar-refractivity contribution in [2.45, 2.75) is 23.9 Å². The van der Waals surface area contributed by atoms with Gasteiger partial charge in [-0.25, -0.2) is 4.90 Å². The molecule has 2 fully saturated rings. The maximum Gasteiger partial charge on any atom is 0.416 e. The SMILES string of the molecule is COC(=O)[C@@H]1NC(c2cccc(C(F)(F)F)c2)(c2cccc(C(F)(F)F)c2)[C@H]2C(=O)N(c3c(Cl)cccc3Cl)C(=O)[C@@H]12. The Morgan fingerprint density at radius 1 is 0.833 bits per heavy atom. The lowest BCUT2D eigenvalue weighted by molar-refractivity contribution is -0.145. The number of nitrogens with one attached hydrogen (secondary N) is 1. The van der Waals surface area contributed by atoms with Crippen LogP contribution in [0.3, 0.4) is 0 Å². The van der Waals surface area contributed by atoms with Crippen molar-refractivity contribution in [3.63, 3.8) is 0 Å². The third-order valence-electron chi connectivity index (χ3n) is 7.47.